The Kier molecular flexibility index (Phi) is 4.21. The standard InChI is InChI=1S/C17H21NO2S/c1-13-9-11-14(12-10-13)15-7-5-6-8-16(15)21(19,20)18-17(2,3)4/h5-12,18H,1-4H3. The molecule has 112 valence electrons. The van der Waals surface area contributed by atoms with Crippen LogP contribution in [0.15, 0.2) is 53.4 Å². The summed E-state index contributed by atoms with van der Waals surface area (Å²) in [6.07, 6.45) is 0. The Balaban J connectivity index is 2.54. The molecule has 4 heteroatoms. The topological polar surface area (TPSA) is 46.2 Å². The van der Waals surface area contributed by atoms with Crippen LogP contribution in [-0.2, 0) is 10.0 Å². The van der Waals surface area contributed by atoms with Gasteiger partial charge in [0, 0.05) is 11.1 Å². The van der Waals surface area contributed by atoms with Gasteiger partial charge in [-0.1, -0.05) is 48.0 Å². The predicted octanol–water partition coefficient (Wildman–Crippen LogP) is 3.74. The Hall–Kier alpha value is -1.65. The van der Waals surface area contributed by atoms with Gasteiger partial charge in [0.1, 0.15) is 0 Å². The molecule has 0 amide bonds. The molecule has 0 unspecified atom stereocenters. The molecule has 1 N–H and O–H groups in total. The smallest absolute Gasteiger partial charge is 0.207 e. The second-order valence-electron chi connectivity index (χ2n) is 6.22. The van der Waals surface area contributed by atoms with Gasteiger partial charge in [-0.2, -0.15) is 0 Å². The summed E-state index contributed by atoms with van der Waals surface area (Å²) in [6.45, 7) is 7.50. The number of aryl methyl sites for hydroxylation is 1. The quantitative estimate of drug-likeness (QED) is 0.939. The summed E-state index contributed by atoms with van der Waals surface area (Å²) < 4.78 is 27.9. The van der Waals surface area contributed by atoms with Gasteiger partial charge in [0.2, 0.25) is 10.0 Å². The molecule has 21 heavy (non-hydrogen) atoms. The van der Waals surface area contributed by atoms with Crippen LogP contribution < -0.4 is 4.72 Å². The van der Waals surface area contributed by atoms with E-state index in [4.69, 9.17) is 0 Å². The molecule has 0 aliphatic rings. The molecule has 0 radical (unpaired) electrons. The fraction of sp³-hybridized carbons (Fsp3) is 0.294. The Labute approximate surface area is 127 Å². The van der Waals surface area contributed by atoms with Crippen LogP contribution >= 0.6 is 0 Å². The van der Waals surface area contributed by atoms with Gasteiger partial charge in [0.25, 0.3) is 0 Å². The first-order chi connectivity index (χ1) is 9.69. The molecule has 0 saturated carbocycles. The summed E-state index contributed by atoms with van der Waals surface area (Å²) in [5, 5.41) is 0. The first-order valence-electron chi connectivity index (χ1n) is 6.89. The lowest BCUT2D eigenvalue weighted by Gasteiger charge is -2.21. The average Bonchev–Trinajstić information content (AvgIpc) is 2.37. The highest BCUT2D eigenvalue weighted by Gasteiger charge is 2.24. The number of rotatable bonds is 3. The van der Waals surface area contributed by atoms with Crippen molar-refractivity contribution in [2.75, 3.05) is 0 Å². The monoisotopic (exact) mass is 303 g/mol. The fourth-order valence-electron chi connectivity index (χ4n) is 2.13. The van der Waals surface area contributed by atoms with Crippen molar-refractivity contribution in [3.05, 3.63) is 54.1 Å². The van der Waals surface area contributed by atoms with Crippen LogP contribution in [0.4, 0.5) is 0 Å². The van der Waals surface area contributed by atoms with Crippen LogP contribution in [0.1, 0.15) is 26.3 Å². The first kappa shape index (κ1) is 15.7. The number of hydrogen-bond donors (Lipinski definition) is 1. The summed E-state index contributed by atoms with van der Waals surface area (Å²) in [7, 11) is -3.56. The zero-order valence-electron chi connectivity index (χ0n) is 12.8. The highest BCUT2D eigenvalue weighted by Crippen LogP contribution is 2.28. The van der Waals surface area contributed by atoms with Gasteiger partial charge >= 0.3 is 0 Å². The molecule has 3 nitrogen and oxygen atoms in total. The van der Waals surface area contributed by atoms with E-state index in [0.29, 0.717) is 10.5 Å². The van der Waals surface area contributed by atoms with Gasteiger partial charge in [0.15, 0.2) is 0 Å². The van der Waals surface area contributed by atoms with E-state index in [-0.39, 0.29) is 0 Å². The van der Waals surface area contributed by atoms with Crippen molar-refractivity contribution in [3.8, 4) is 11.1 Å². The molecule has 0 bridgehead atoms. The minimum absolute atomic E-state index is 0.309. The normalized spacial score (nSPS) is 12.4. The highest BCUT2D eigenvalue weighted by molar-refractivity contribution is 7.89. The first-order valence-corrected chi connectivity index (χ1v) is 8.37. The number of benzene rings is 2. The van der Waals surface area contributed by atoms with Gasteiger partial charge in [-0.3, -0.25) is 0 Å². The lowest BCUT2D eigenvalue weighted by Crippen LogP contribution is -2.40. The maximum Gasteiger partial charge on any atom is 0.241 e. The lowest BCUT2D eigenvalue weighted by molar-refractivity contribution is 0.491. The Morgan fingerprint density at radius 3 is 2.05 bits per heavy atom. The number of nitrogens with one attached hydrogen (secondary N) is 1. The Bertz CT molecular complexity index is 726. The van der Waals surface area contributed by atoms with Crippen LogP contribution in [-0.4, -0.2) is 14.0 Å². The van der Waals surface area contributed by atoms with Gasteiger partial charge in [0.05, 0.1) is 4.90 Å². The third-order valence-electron chi connectivity index (χ3n) is 2.98. The summed E-state index contributed by atoms with van der Waals surface area (Å²) in [6, 6.07) is 14.9. The minimum atomic E-state index is -3.56. The maximum atomic E-state index is 12.6. The molecule has 0 aliphatic heterocycles. The second kappa shape index (κ2) is 5.62. The lowest BCUT2D eigenvalue weighted by atomic mass is 10.0. The summed E-state index contributed by atoms with van der Waals surface area (Å²) >= 11 is 0. The highest BCUT2D eigenvalue weighted by atomic mass is 32.2. The zero-order valence-corrected chi connectivity index (χ0v) is 13.7. The van der Waals surface area contributed by atoms with Crippen LogP contribution in [0.2, 0.25) is 0 Å². The molecule has 2 aromatic rings. The summed E-state index contributed by atoms with van der Waals surface area (Å²) in [5.41, 5.74) is 2.25. The molecule has 2 rings (SSSR count). The van der Waals surface area contributed by atoms with Crippen molar-refractivity contribution in [3.63, 3.8) is 0 Å². The number of sulfonamides is 1. The van der Waals surface area contributed by atoms with Crippen molar-refractivity contribution in [2.45, 2.75) is 38.1 Å². The fourth-order valence-corrected chi connectivity index (χ4v) is 3.78. The third-order valence-corrected chi connectivity index (χ3v) is 4.80. The minimum Gasteiger partial charge on any atom is -0.207 e. The summed E-state index contributed by atoms with van der Waals surface area (Å²) in [5.74, 6) is 0. The van der Waals surface area contributed by atoms with Gasteiger partial charge in [-0.05, 0) is 39.3 Å². The van der Waals surface area contributed by atoms with E-state index < -0.39 is 15.6 Å². The van der Waals surface area contributed by atoms with E-state index in [2.05, 4.69) is 4.72 Å². The molecule has 2 aromatic carbocycles. The molecular formula is C17H21NO2S. The molecule has 0 spiro atoms. The molecule has 0 saturated heterocycles. The van der Waals surface area contributed by atoms with Crippen molar-refractivity contribution >= 4 is 10.0 Å². The molecule has 0 heterocycles. The van der Waals surface area contributed by atoms with Gasteiger partial charge < -0.3 is 0 Å². The second-order valence-corrected chi connectivity index (χ2v) is 7.87. The van der Waals surface area contributed by atoms with Gasteiger partial charge in [-0.25, -0.2) is 13.1 Å². The molecule has 0 atom stereocenters. The van der Waals surface area contributed by atoms with E-state index in [1.54, 1.807) is 12.1 Å². The SMILES string of the molecule is Cc1ccc(-c2ccccc2S(=O)(=O)NC(C)(C)C)cc1. The van der Waals surface area contributed by atoms with Gasteiger partial charge in [-0.15, -0.1) is 0 Å². The van der Waals surface area contributed by atoms with Crippen molar-refractivity contribution in [1.29, 1.82) is 0 Å². The van der Waals surface area contributed by atoms with E-state index in [1.807, 2.05) is 64.1 Å². The molecular weight excluding hydrogens is 282 g/mol. The molecule has 0 aliphatic carbocycles. The van der Waals surface area contributed by atoms with Crippen LogP contribution in [0.25, 0.3) is 11.1 Å². The predicted molar refractivity (Wildman–Crippen MR) is 86.7 cm³/mol. The van der Waals surface area contributed by atoms with Crippen LogP contribution in [0.5, 0.6) is 0 Å². The maximum absolute atomic E-state index is 12.6. The van der Waals surface area contributed by atoms with E-state index in [1.165, 1.54) is 0 Å². The Morgan fingerprint density at radius 2 is 1.48 bits per heavy atom. The third kappa shape index (κ3) is 3.93. The van der Waals surface area contributed by atoms with E-state index in [0.717, 1.165) is 11.1 Å². The molecule has 0 aromatic heterocycles. The Morgan fingerprint density at radius 1 is 0.905 bits per heavy atom. The van der Waals surface area contributed by atoms with Crippen LogP contribution in [0, 0.1) is 6.92 Å². The molecule has 0 fully saturated rings. The van der Waals surface area contributed by atoms with Crippen molar-refractivity contribution < 1.29 is 8.42 Å². The number of hydrogen-bond acceptors (Lipinski definition) is 2. The van der Waals surface area contributed by atoms with E-state index >= 15 is 0 Å². The van der Waals surface area contributed by atoms with Crippen molar-refractivity contribution in [1.82, 2.24) is 4.72 Å². The average molecular weight is 303 g/mol. The van der Waals surface area contributed by atoms with E-state index in [9.17, 15) is 8.42 Å². The largest absolute Gasteiger partial charge is 0.241 e. The van der Waals surface area contributed by atoms with Crippen LogP contribution in [0.3, 0.4) is 0 Å². The zero-order chi connectivity index (χ0) is 15.7. The van der Waals surface area contributed by atoms with Crippen molar-refractivity contribution in [2.24, 2.45) is 0 Å². The summed E-state index contributed by atoms with van der Waals surface area (Å²) in [4.78, 5) is 0.309.